The predicted molar refractivity (Wildman–Crippen MR) is 72.5 cm³/mol. The molecule has 3 N–H and O–H groups in total. The number of carbonyl (C=O) groups excluding carboxylic acids is 1. The van der Waals surface area contributed by atoms with E-state index < -0.39 is 11.4 Å². The second-order valence-corrected chi connectivity index (χ2v) is 5.08. The van der Waals surface area contributed by atoms with Gasteiger partial charge in [-0.1, -0.05) is 31.6 Å². The zero-order chi connectivity index (χ0) is 14.1. The first-order chi connectivity index (χ1) is 9.10. The number of carbonyl (C=O) groups is 2. The molecule has 5 nitrogen and oxygen atoms in total. The topological polar surface area (TPSA) is 78.4 Å². The number of terminal acetylenes is 1. The third-order valence-electron chi connectivity index (χ3n) is 3.65. The Kier molecular flexibility index (Phi) is 6.37. The van der Waals surface area contributed by atoms with E-state index in [2.05, 4.69) is 16.6 Å². The molecule has 0 aromatic rings. The van der Waals surface area contributed by atoms with E-state index in [1.165, 1.54) is 0 Å². The molecule has 1 saturated carbocycles. The number of rotatable bonds is 6. The highest BCUT2D eigenvalue weighted by Crippen LogP contribution is 2.34. The minimum absolute atomic E-state index is 0.125. The first-order valence-corrected chi connectivity index (χ1v) is 6.75. The van der Waals surface area contributed by atoms with Crippen molar-refractivity contribution in [1.29, 1.82) is 0 Å². The van der Waals surface area contributed by atoms with Crippen molar-refractivity contribution in [2.24, 2.45) is 5.41 Å². The Morgan fingerprint density at radius 1 is 1.21 bits per heavy atom. The smallest absolute Gasteiger partial charge is 0.311 e. The molecular formula is C14H22N2O3. The lowest BCUT2D eigenvalue weighted by molar-refractivity contribution is -0.149. The van der Waals surface area contributed by atoms with Gasteiger partial charge in [-0.05, 0) is 12.8 Å². The van der Waals surface area contributed by atoms with Gasteiger partial charge < -0.3 is 10.4 Å². The molecule has 1 rings (SSSR count). The zero-order valence-electron chi connectivity index (χ0n) is 11.2. The molecule has 1 fully saturated rings. The van der Waals surface area contributed by atoms with E-state index in [4.69, 9.17) is 6.42 Å². The van der Waals surface area contributed by atoms with Crippen LogP contribution in [-0.4, -0.2) is 36.6 Å². The second kappa shape index (κ2) is 7.80. The molecule has 0 heterocycles. The highest BCUT2D eigenvalue weighted by molar-refractivity contribution is 5.80. The van der Waals surface area contributed by atoms with Gasteiger partial charge in [0.05, 0.1) is 18.5 Å². The summed E-state index contributed by atoms with van der Waals surface area (Å²) in [4.78, 5) is 23.1. The molecule has 1 amide bonds. The van der Waals surface area contributed by atoms with E-state index in [9.17, 15) is 14.7 Å². The summed E-state index contributed by atoms with van der Waals surface area (Å²) in [5.74, 6) is 1.37. The van der Waals surface area contributed by atoms with Crippen LogP contribution >= 0.6 is 0 Å². The molecule has 0 radical (unpaired) electrons. The van der Waals surface area contributed by atoms with Gasteiger partial charge >= 0.3 is 5.97 Å². The van der Waals surface area contributed by atoms with Gasteiger partial charge in [0.1, 0.15) is 0 Å². The van der Waals surface area contributed by atoms with Crippen LogP contribution < -0.4 is 10.6 Å². The predicted octanol–water partition coefficient (Wildman–Crippen LogP) is 0.751. The van der Waals surface area contributed by atoms with Crippen molar-refractivity contribution < 1.29 is 14.7 Å². The van der Waals surface area contributed by atoms with Gasteiger partial charge in [0.25, 0.3) is 0 Å². The lowest BCUT2D eigenvalue weighted by Crippen LogP contribution is -2.45. The number of hydrogen-bond acceptors (Lipinski definition) is 3. The molecule has 0 unspecified atom stereocenters. The first-order valence-electron chi connectivity index (χ1n) is 6.75. The minimum Gasteiger partial charge on any atom is -0.481 e. The SMILES string of the molecule is C#CCNCC(=O)NCC1(C(=O)O)CCCCCC1. The van der Waals surface area contributed by atoms with Gasteiger partial charge in [0.15, 0.2) is 0 Å². The van der Waals surface area contributed by atoms with Gasteiger partial charge in [-0.2, -0.15) is 0 Å². The van der Waals surface area contributed by atoms with Gasteiger partial charge in [-0.25, -0.2) is 0 Å². The molecule has 106 valence electrons. The molecule has 0 aliphatic heterocycles. The average molecular weight is 266 g/mol. The quantitative estimate of drug-likeness (QED) is 0.376. The third kappa shape index (κ3) is 4.92. The standard InChI is InChI=1S/C14H22N2O3/c1-2-9-15-10-12(17)16-11-14(13(18)19)7-5-3-4-6-8-14/h1,15H,3-11H2,(H,16,17)(H,18,19). The summed E-state index contributed by atoms with van der Waals surface area (Å²) in [5.41, 5.74) is -0.793. The largest absolute Gasteiger partial charge is 0.481 e. The van der Waals surface area contributed by atoms with Crippen LogP contribution in [0.5, 0.6) is 0 Å². The lowest BCUT2D eigenvalue weighted by atomic mass is 9.80. The number of aliphatic carboxylic acids is 1. The van der Waals surface area contributed by atoms with Crippen LogP contribution in [0, 0.1) is 17.8 Å². The third-order valence-corrected chi connectivity index (χ3v) is 3.65. The number of carboxylic acids is 1. The Hall–Kier alpha value is -1.54. The Morgan fingerprint density at radius 3 is 2.37 bits per heavy atom. The van der Waals surface area contributed by atoms with Crippen molar-refractivity contribution >= 4 is 11.9 Å². The molecule has 19 heavy (non-hydrogen) atoms. The number of carboxylic acid groups (broad SMARTS) is 1. The number of amides is 1. The van der Waals surface area contributed by atoms with Crippen molar-refractivity contribution in [3.8, 4) is 12.3 Å². The van der Waals surface area contributed by atoms with E-state index in [1.807, 2.05) is 0 Å². The van der Waals surface area contributed by atoms with E-state index in [0.29, 0.717) is 19.4 Å². The fraction of sp³-hybridized carbons (Fsp3) is 0.714. The second-order valence-electron chi connectivity index (χ2n) is 5.08. The van der Waals surface area contributed by atoms with Crippen molar-refractivity contribution in [2.45, 2.75) is 38.5 Å². The maximum absolute atomic E-state index is 11.6. The Bertz CT molecular complexity index is 352. The van der Waals surface area contributed by atoms with Crippen LogP contribution in [0.25, 0.3) is 0 Å². The van der Waals surface area contributed by atoms with Crippen LogP contribution in [0.4, 0.5) is 0 Å². The summed E-state index contributed by atoms with van der Waals surface area (Å²) >= 11 is 0. The molecular weight excluding hydrogens is 244 g/mol. The summed E-state index contributed by atoms with van der Waals surface area (Å²) in [6.45, 7) is 0.663. The number of nitrogens with one attached hydrogen (secondary N) is 2. The van der Waals surface area contributed by atoms with E-state index >= 15 is 0 Å². The minimum atomic E-state index is -0.800. The van der Waals surface area contributed by atoms with Crippen molar-refractivity contribution in [1.82, 2.24) is 10.6 Å². The Balaban J connectivity index is 2.47. The summed E-state index contributed by atoms with van der Waals surface area (Å²) in [7, 11) is 0. The van der Waals surface area contributed by atoms with Crippen LogP contribution in [0.2, 0.25) is 0 Å². The zero-order valence-corrected chi connectivity index (χ0v) is 11.2. The van der Waals surface area contributed by atoms with Crippen molar-refractivity contribution in [3.63, 3.8) is 0 Å². The van der Waals surface area contributed by atoms with E-state index in [0.717, 1.165) is 25.7 Å². The molecule has 0 saturated heterocycles. The van der Waals surface area contributed by atoms with Crippen molar-refractivity contribution in [2.75, 3.05) is 19.6 Å². The molecule has 1 aliphatic rings. The summed E-state index contributed by atoms with van der Waals surface area (Å²) < 4.78 is 0. The monoisotopic (exact) mass is 266 g/mol. The van der Waals surface area contributed by atoms with E-state index in [1.54, 1.807) is 0 Å². The van der Waals surface area contributed by atoms with E-state index in [-0.39, 0.29) is 19.0 Å². The summed E-state index contributed by atoms with van der Waals surface area (Å²) in [6.07, 6.45) is 10.3. The summed E-state index contributed by atoms with van der Waals surface area (Å²) in [6, 6.07) is 0. The van der Waals surface area contributed by atoms with Gasteiger partial charge in [-0.3, -0.25) is 14.9 Å². The van der Waals surface area contributed by atoms with Crippen LogP contribution in [-0.2, 0) is 9.59 Å². The lowest BCUT2D eigenvalue weighted by Gasteiger charge is -2.28. The first kappa shape index (κ1) is 15.5. The molecule has 0 atom stereocenters. The highest BCUT2D eigenvalue weighted by Gasteiger charge is 2.38. The van der Waals surface area contributed by atoms with Crippen LogP contribution in [0.15, 0.2) is 0 Å². The molecule has 0 spiro atoms. The van der Waals surface area contributed by atoms with Crippen LogP contribution in [0.3, 0.4) is 0 Å². The maximum atomic E-state index is 11.6. The Labute approximate surface area is 114 Å². The molecule has 0 bridgehead atoms. The average Bonchev–Trinajstić information content (AvgIpc) is 2.63. The normalized spacial score (nSPS) is 18.1. The molecule has 1 aliphatic carbocycles. The molecule has 0 aromatic heterocycles. The van der Waals surface area contributed by atoms with Gasteiger partial charge in [0, 0.05) is 6.54 Å². The number of hydrogen-bond donors (Lipinski definition) is 3. The highest BCUT2D eigenvalue weighted by atomic mass is 16.4. The van der Waals surface area contributed by atoms with Crippen LogP contribution in [0.1, 0.15) is 38.5 Å². The van der Waals surface area contributed by atoms with Gasteiger partial charge in [-0.15, -0.1) is 6.42 Å². The maximum Gasteiger partial charge on any atom is 0.311 e. The van der Waals surface area contributed by atoms with Gasteiger partial charge in [0.2, 0.25) is 5.91 Å². The fourth-order valence-electron chi connectivity index (χ4n) is 2.45. The molecule has 0 aromatic carbocycles. The van der Waals surface area contributed by atoms with Crippen molar-refractivity contribution in [3.05, 3.63) is 0 Å². The Morgan fingerprint density at radius 2 is 1.84 bits per heavy atom. The fourth-order valence-corrected chi connectivity index (χ4v) is 2.45. The molecule has 5 heteroatoms. The summed E-state index contributed by atoms with van der Waals surface area (Å²) in [5, 5.41) is 14.9.